The van der Waals surface area contributed by atoms with Crippen LogP contribution < -0.4 is 10.1 Å². The molecular weight excluding hydrogens is 285 g/mol. The molecule has 1 aromatic carbocycles. The molecule has 1 aliphatic rings. The molecule has 0 radical (unpaired) electrons. The number of aliphatic hydroxyl groups is 1. The van der Waals surface area contributed by atoms with Crippen LogP contribution in [0.5, 0.6) is 5.75 Å². The van der Waals surface area contributed by atoms with E-state index in [1.165, 1.54) is 18.2 Å². The highest BCUT2D eigenvalue weighted by molar-refractivity contribution is 5.92. The van der Waals surface area contributed by atoms with Gasteiger partial charge in [0.2, 0.25) is 5.91 Å². The molecule has 0 heterocycles. The Labute approximate surface area is 130 Å². The first-order valence-electron chi connectivity index (χ1n) is 7.90. The Kier molecular flexibility index (Phi) is 5.77. The van der Waals surface area contributed by atoms with Crippen molar-refractivity contribution in [3.63, 3.8) is 0 Å². The van der Waals surface area contributed by atoms with E-state index in [-0.39, 0.29) is 24.3 Å². The van der Waals surface area contributed by atoms with Crippen LogP contribution in [0.15, 0.2) is 18.2 Å². The third-order valence-electron chi connectivity index (χ3n) is 3.98. The van der Waals surface area contributed by atoms with Gasteiger partial charge in [0.05, 0.1) is 24.3 Å². The molecule has 5 heteroatoms. The summed E-state index contributed by atoms with van der Waals surface area (Å²) in [7, 11) is 0. The minimum absolute atomic E-state index is 0.00757. The Balaban J connectivity index is 2.04. The molecule has 0 aliphatic heterocycles. The molecule has 2 N–H and O–H groups in total. The molecule has 1 fully saturated rings. The molecule has 2 rings (SSSR count). The van der Waals surface area contributed by atoms with Gasteiger partial charge in [-0.2, -0.15) is 0 Å². The molecule has 122 valence electrons. The lowest BCUT2D eigenvalue weighted by atomic mass is 10.0. The number of benzene rings is 1. The van der Waals surface area contributed by atoms with E-state index in [2.05, 4.69) is 5.32 Å². The zero-order chi connectivity index (χ0) is 16.1. The minimum Gasteiger partial charge on any atom is -0.488 e. The van der Waals surface area contributed by atoms with E-state index in [4.69, 9.17) is 4.74 Å². The second-order valence-electron chi connectivity index (χ2n) is 6.23. The molecule has 1 aliphatic carbocycles. The first-order chi connectivity index (χ1) is 10.5. The number of hydrogen-bond acceptors (Lipinski definition) is 3. The van der Waals surface area contributed by atoms with Gasteiger partial charge < -0.3 is 15.2 Å². The van der Waals surface area contributed by atoms with E-state index in [0.29, 0.717) is 11.4 Å². The fraction of sp³-hybridized carbons (Fsp3) is 0.588. The molecule has 0 aromatic heterocycles. The van der Waals surface area contributed by atoms with Crippen LogP contribution in [0.2, 0.25) is 0 Å². The number of rotatable bonds is 6. The van der Waals surface area contributed by atoms with E-state index in [0.717, 1.165) is 25.7 Å². The van der Waals surface area contributed by atoms with Crippen LogP contribution in [0.3, 0.4) is 0 Å². The smallest absolute Gasteiger partial charge is 0.227 e. The first-order valence-corrected chi connectivity index (χ1v) is 7.90. The average molecular weight is 309 g/mol. The van der Waals surface area contributed by atoms with Crippen molar-refractivity contribution in [1.82, 2.24) is 0 Å². The zero-order valence-corrected chi connectivity index (χ0v) is 13.1. The molecule has 1 aromatic rings. The van der Waals surface area contributed by atoms with Crippen LogP contribution in [0.25, 0.3) is 0 Å². The molecule has 0 spiro atoms. The fourth-order valence-corrected chi connectivity index (χ4v) is 2.51. The van der Waals surface area contributed by atoms with Crippen LogP contribution in [0.4, 0.5) is 10.1 Å². The summed E-state index contributed by atoms with van der Waals surface area (Å²) in [5, 5.41) is 12.5. The molecule has 22 heavy (non-hydrogen) atoms. The van der Waals surface area contributed by atoms with Crippen LogP contribution in [-0.2, 0) is 4.79 Å². The first kappa shape index (κ1) is 16.7. The Morgan fingerprint density at radius 3 is 2.73 bits per heavy atom. The maximum atomic E-state index is 13.4. The van der Waals surface area contributed by atoms with Crippen LogP contribution in [0, 0.1) is 11.7 Å². The van der Waals surface area contributed by atoms with Crippen molar-refractivity contribution >= 4 is 11.6 Å². The fourth-order valence-electron chi connectivity index (χ4n) is 2.51. The van der Waals surface area contributed by atoms with Crippen molar-refractivity contribution in [2.24, 2.45) is 5.92 Å². The van der Waals surface area contributed by atoms with Crippen molar-refractivity contribution in [3.8, 4) is 5.75 Å². The third kappa shape index (κ3) is 4.70. The average Bonchev–Trinajstić information content (AvgIpc) is 2.94. The minimum atomic E-state index is -0.695. The van der Waals surface area contributed by atoms with Crippen molar-refractivity contribution < 1.29 is 19.0 Å². The summed E-state index contributed by atoms with van der Waals surface area (Å²) >= 11 is 0. The third-order valence-corrected chi connectivity index (χ3v) is 3.98. The summed E-state index contributed by atoms with van der Waals surface area (Å²) in [5.74, 6) is -0.329. The van der Waals surface area contributed by atoms with Crippen LogP contribution >= 0.6 is 0 Å². The number of halogens is 1. The number of amides is 1. The summed E-state index contributed by atoms with van der Waals surface area (Å²) in [6, 6.07) is 4.09. The number of hydrogen-bond donors (Lipinski definition) is 2. The number of anilines is 1. The van der Waals surface area contributed by atoms with Crippen LogP contribution in [0.1, 0.15) is 46.0 Å². The maximum Gasteiger partial charge on any atom is 0.227 e. The lowest BCUT2D eigenvalue weighted by Gasteiger charge is -2.18. The van der Waals surface area contributed by atoms with Gasteiger partial charge in [-0.15, -0.1) is 0 Å². The van der Waals surface area contributed by atoms with Crippen molar-refractivity contribution in [2.75, 3.05) is 5.32 Å². The van der Waals surface area contributed by atoms with Gasteiger partial charge in [0, 0.05) is 6.07 Å². The summed E-state index contributed by atoms with van der Waals surface area (Å²) in [4.78, 5) is 12.0. The molecule has 1 saturated carbocycles. The number of aliphatic hydroxyl groups excluding tert-OH is 1. The highest BCUT2D eigenvalue weighted by Gasteiger charge is 2.20. The molecular formula is C17H24FNO3. The van der Waals surface area contributed by atoms with Gasteiger partial charge in [-0.1, -0.05) is 13.8 Å². The monoisotopic (exact) mass is 309 g/mol. The number of ether oxygens (including phenoxy) is 1. The summed E-state index contributed by atoms with van der Waals surface area (Å²) in [6.07, 6.45) is 3.53. The van der Waals surface area contributed by atoms with E-state index in [1.807, 2.05) is 13.8 Å². The summed E-state index contributed by atoms with van der Waals surface area (Å²) in [6.45, 7) is 3.70. The molecule has 4 nitrogen and oxygen atoms in total. The van der Waals surface area contributed by atoms with E-state index in [1.54, 1.807) is 0 Å². The van der Waals surface area contributed by atoms with Gasteiger partial charge >= 0.3 is 0 Å². The normalized spacial score (nSPS) is 16.8. The second-order valence-corrected chi connectivity index (χ2v) is 6.23. The van der Waals surface area contributed by atoms with Gasteiger partial charge in [0.15, 0.2) is 0 Å². The zero-order valence-electron chi connectivity index (χ0n) is 13.1. The summed E-state index contributed by atoms with van der Waals surface area (Å²) in [5.41, 5.74) is 0.453. The van der Waals surface area contributed by atoms with Gasteiger partial charge in [-0.05, 0) is 43.7 Å². The Morgan fingerprint density at radius 1 is 1.41 bits per heavy atom. The quantitative estimate of drug-likeness (QED) is 0.845. The van der Waals surface area contributed by atoms with Crippen LogP contribution in [-0.4, -0.2) is 23.2 Å². The van der Waals surface area contributed by atoms with E-state index >= 15 is 0 Å². The van der Waals surface area contributed by atoms with Gasteiger partial charge in [-0.25, -0.2) is 4.39 Å². The predicted molar refractivity (Wildman–Crippen MR) is 83.4 cm³/mol. The molecule has 1 atom stereocenters. The largest absolute Gasteiger partial charge is 0.488 e. The topological polar surface area (TPSA) is 58.6 Å². The Hall–Kier alpha value is -1.62. The molecule has 0 bridgehead atoms. The molecule has 0 saturated heterocycles. The van der Waals surface area contributed by atoms with Gasteiger partial charge in [0.25, 0.3) is 0 Å². The van der Waals surface area contributed by atoms with E-state index in [9.17, 15) is 14.3 Å². The second kappa shape index (κ2) is 7.58. The lowest BCUT2D eigenvalue weighted by Crippen LogP contribution is -2.24. The van der Waals surface area contributed by atoms with Crippen molar-refractivity contribution in [3.05, 3.63) is 24.0 Å². The standard InChI is InChI=1S/C17H24FNO3/c1-11(2)15(20)10-17(21)19-14-8-7-12(18)9-16(14)22-13-5-3-4-6-13/h7-9,11,13,15,20H,3-6,10H2,1-2H3,(H,19,21). The molecule has 1 amide bonds. The molecule has 1 unspecified atom stereocenters. The Bertz CT molecular complexity index is 513. The van der Waals surface area contributed by atoms with Gasteiger partial charge in [-0.3, -0.25) is 4.79 Å². The highest BCUT2D eigenvalue weighted by atomic mass is 19.1. The number of carbonyl (C=O) groups is 1. The van der Waals surface area contributed by atoms with Crippen molar-refractivity contribution in [1.29, 1.82) is 0 Å². The van der Waals surface area contributed by atoms with E-state index < -0.39 is 11.9 Å². The van der Waals surface area contributed by atoms with Crippen molar-refractivity contribution in [2.45, 2.75) is 58.2 Å². The maximum absolute atomic E-state index is 13.4. The number of nitrogens with one attached hydrogen (secondary N) is 1. The Morgan fingerprint density at radius 2 is 2.09 bits per heavy atom. The highest BCUT2D eigenvalue weighted by Crippen LogP contribution is 2.30. The number of carbonyl (C=O) groups excluding carboxylic acids is 1. The van der Waals surface area contributed by atoms with Gasteiger partial charge in [0.1, 0.15) is 11.6 Å². The summed E-state index contributed by atoms with van der Waals surface area (Å²) < 4.78 is 19.3. The SMILES string of the molecule is CC(C)C(O)CC(=O)Nc1ccc(F)cc1OC1CCCC1. The lowest BCUT2D eigenvalue weighted by molar-refractivity contribution is -0.118. The predicted octanol–water partition coefficient (Wildman–Crippen LogP) is 3.49.